The molecule has 0 aliphatic heterocycles. The summed E-state index contributed by atoms with van der Waals surface area (Å²) in [6.07, 6.45) is 5.15. The molecular weight excluding hydrogens is 262 g/mol. The van der Waals surface area contributed by atoms with Gasteiger partial charge in [0.1, 0.15) is 0 Å². The van der Waals surface area contributed by atoms with Gasteiger partial charge in [-0.1, -0.05) is 44.9 Å². The van der Waals surface area contributed by atoms with E-state index in [4.69, 9.17) is 4.42 Å². The molecule has 1 unspecified atom stereocenters. The van der Waals surface area contributed by atoms with E-state index in [1.54, 1.807) is 0 Å². The lowest BCUT2D eigenvalue weighted by atomic mass is 9.73. The van der Waals surface area contributed by atoms with Crippen molar-refractivity contribution in [2.24, 2.45) is 5.41 Å². The molecule has 1 aliphatic rings. The van der Waals surface area contributed by atoms with Gasteiger partial charge in [-0.2, -0.15) is 0 Å². The Labute approximate surface area is 126 Å². The Morgan fingerprint density at radius 1 is 1.19 bits per heavy atom. The van der Waals surface area contributed by atoms with Crippen molar-refractivity contribution >= 4 is 0 Å². The molecule has 0 radical (unpaired) electrons. The van der Waals surface area contributed by atoms with Gasteiger partial charge < -0.3 is 9.73 Å². The Hall–Kier alpha value is -1.68. The fourth-order valence-electron chi connectivity index (χ4n) is 3.11. The second kappa shape index (κ2) is 5.98. The normalized spacial score (nSPS) is 21.3. The molecule has 112 valence electrons. The van der Waals surface area contributed by atoms with Crippen molar-refractivity contribution in [2.45, 2.75) is 52.1 Å². The van der Waals surface area contributed by atoms with Gasteiger partial charge in [0, 0.05) is 11.6 Å². The molecule has 1 aromatic heterocycles. The van der Waals surface area contributed by atoms with Gasteiger partial charge in [0.15, 0.2) is 0 Å². The number of nitrogens with zero attached hydrogens (tertiary/aromatic N) is 2. The fourth-order valence-corrected chi connectivity index (χ4v) is 3.11. The van der Waals surface area contributed by atoms with Crippen LogP contribution in [0.25, 0.3) is 11.5 Å². The number of hydrogen-bond acceptors (Lipinski definition) is 4. The minimum atomic E-state index is 0.348. The van der Waals surface area contributed by atoms with Crippen LogP contribution < -0.4 is 5.32 Å². The smallest absolute Gasteiger partial charge is 0.247 e. The van der Waals surface area contributed by atoms with Crippen LogP contribution in [0, 0.1) is 5.41 Å². The molecule has 1 atom stereocenters. The third-order valence-corrected chi connectivity index (χ3v) is 4.49. The number of rotatable bonds is 4. The molecule has 1 aromatic carbocycles. The molecule has 21 heavy (non-hydrogen) atoms. The molecule has 4 heteroatoms. The quantitative estimate of drug-likeness (QED) is 0.928. The van der Waals surface area contributed by atoms with Crippen molar-refractivity contribution < 1.29 is 4.42 Å². The average molecular weight is 285 g/mol. The molecule has 1 fully saturated rings. The summed E-state index contributed by atoms with van der Waals surface area (Å²) in [4.78, 5) is 0. The number of benzene rings is 1. The standard InChI is InChI=1S/C17H23N3O/c1-17(2)11-7-6-10-14(17)18-12-15-19-20-16(21-15)13-8-4-3-5-9-13/h3-5,8-9,14,18H,6-7,10-12H2,1-2H3. The van der Waals surface area contributed by atoms with E-state index in [1.807, 2.05) is 30.3 Å². The van der Waals surface area contributed by atoms with Crippen molar-refractivity contribution in [1.29, 1.82) is 0 Å². The predicted octanol–water partition coefficient (Wildman–Crippen LogP) is 3.80. The van der Waals surface area contributed by atoms with E-state index < -0.39 is 0 Å². The summed E-state index contributed by atoms with van der Waals surface area (Å²) >= 11 is 0. The lowest BCUT2D eigenvalue weighted by Crippen LogP contribution is -2.43. The molecule has 4 nitrogen and oxygen atoms in total. The summed E-state index contributed by atoms with van der Waals surface area (Å²) < 4.78 is 5.74. The number of hydrogen-bond donors (Lipinski definition) is 1. The van der Waals surface area contributed by atoms with E-state index in [0.717, 1.165) is 5.56 Å². The Morgan fingerprint density at radius 3 is 2.76 bits per heavy atom. The summed E-state index contributed by atoms with van der Waals surface area (Å²) in [6, 6.07) is 10.4. The molecule has 0 spiro atoms. The van der Waals surface area contributed by atoms with Crippen molar-refractivity contribution in [3.63, 3.8) is 0 Å². The van der Waals surface area contributed by atoms with E-state index in [0.29, 0.717) is 29.8 Å². The largest absolute Gasteiger partial charge is 0.419 e. The van der Waals surface area contributed by atoms with Gasteiger partial charge >= 0.3 is 0 Å². The van der Waals surface area contributed by atoms with Gasteiger partial charge in [-0.05, 0) is 30.4 Å². The molecule has 0 amide bonds. The van der Waals surface area contributed by atoms with Crippen LogP contribution in [0.1, 0.15) is 45.4 Å². The predicted molar refractivity (Wildman–Crippen MR) is 82.6 cm³/mol. The number of aromatic nitrogens is 2. The van der Waals surface area contributed by atoms with E-state index in [9.17, 15) is 0 Å². The molecule has 1 aliphatic carbocycles. The van der Waals surface area contributed by atoms with Gasteiger partial charge in [-0.3, -0.25) is 0 Å². The lowest BCUT2D eigenvalue weighted by molar-refractivity contribution is 0.163. The Kier molecular flexibility index (Phi) is 4.06. The zero-order valence-corrected chi connectivity index (χ0v) is 12.8. The van der Waals surface area contributed by atoms with E-state index >= 15 is 0 Å². The van der Waals surface area contributed by atoms with Crippen LogP contribution in [-0.4, -0.2) is 16.2 Å². The number of nitrogens with one attached hydrogen (secondary N) is 1. The van der Waals surface area contributed by atoms with Gasteiger partial charge in [-0.25, -0.2) is 0 Å². The molecule has 2 aromatic rings. The zero-order chi connectivity index (χ0) is 14.7. The van der Waals surface area contributed by atoms with E-state index in [2.05, 4.69) is 29.4 Å². The highest BCUT2D eigenvalue weighted by atomic mass is 16.4. The Morgan fingerprint density at radius 2 is 2.00 bits per heavy atom. The van der Waals surface area contributed by atoms with Crippen molar-refractivity contribution in [3.8, 4) is 11.5 Å². The first-order valence-corrected chi connectivity index (χ1v) is 7.76. The summed E-state index contributed by atoms with van der Waals surface area (Å²) in [5.41, 5.74) is 1.31. The minimum absolute atomic E-state index is 0.348. The average Bonchev–Trinajstić information content (AvgIpc) is 2.95. The van der Waals surface area contributed by atoms with Crippen molar-refractivity contribution in [1.82, 2.24) is 15.5 Å². The van der Waals surface area contributed by atoms with Crippen LogP contribution in [0.15, 0.2) is 34.7 Å². The lowest BCUT2D eigenvalue weighted by Gasteiger charge is -2.39. The topological polar surface area (TPSA) is 51.0 Å². The molecule has 3 rings (SSSR count). The van der Waals surface area contributed by atoms with Gasteiger partial charge in [-0.15, -0.1) is 10.2 Å². The Bertz CT molecular complexity index is 577. The summed E-state index contributed by atoms with van der Waals surface area (Å²) in [5.74, 6) is 1.26. The second-order valence-corrected chi connectivity index (χ2v) is 6.53. The summed E-state index contributed by atoms with van der Waals surface area (Å²) in [5, 5.41) is 11.9. The molecule has 1 saturated carbocycles. The van der Waals surface area contributed by atoms with Crippen LogP contribution in [0.3, 0.4) is 0 Å². The van der Waals surface area contributed by atoms with Crippen molar-refractivity contribution in [2.75, 3.05) is 0 Å². The van der Waals surface area contributed by atoms with Crippen LogP contribution in [-0.2, 0) is 6.54 Å². The fraction of sp³-hybridized carbons (Fsp3) is 0.529. The third-order valence-electron chi connectivity index (χ3n) is 4.49. The van der Waals surface area contributed by atoms with Gasteiger partial charge in [0.2, 0.25) is 11.8 Å². The van der Waals surface area contributed by atoms with Crippen LogP contribution >= 0.6 is 0 Å². The highest BCUT2D eigenvalue weighted by Gasteiger charge is 2.31. The maximum Gasteiger partial charge on any atom is 0.247 e. The summed E-state index contributed by atoms with van der Waals surface area (Å²) in [7, 11) is 0. The summed E-state index contributed by atoms with van der Waals surface area (Å²) in [6.45, 7) is 5.33. The molecule has 1 heterocycles. The zero-order valence-electron chi connectivity index (χ0n) is 12.8. The van der Waals surface area contributed by atoms with Crippen LogP contribution in [0.4, 0.5) is 0 Å². The van der Waals surface area contributed by atoms with E-state index in [-0.39, 0.29) is 0 Å². The SMILES string of the molecule is CC1(C)CCCCC1NCc1nnc(-c2ccccc2)o1. The van der Waals surface area contributed by atoms with Crippen LogP contribution in [0.2, 0.25) is 0 Å². The van der Waals surface area contributed by atoms with Crippen molar-refractivity contribution in [3.05, 3.63) is 36.2 Å². The second-order valence-electron chi connectivity index (χ2n) is 6.53. The maximum absolute atomic E-state index is 5.74. The highest BCUT2D eigenvalue weighted by molar-refractivity contribution is 5.51. The molecule has 1 N–H and O–H groups in total. The first kappa shape index (κ1) is 14.3. The van der Waals surface area contributed by atoms with Gasteiger partial charge in [0.05, 0.1) is 6.54 Å². The molecule has 0 bridgehead atoms. The monoisotopic (exact) mass is 285 g/mol. The van der Waals surface area contributed by atoms with Gasteiger partial charge in [0.25, 0.3) is 0 Å². The third kappa shape index (κ3) is 3.32. The molecular formula is C17H23N3O. The first-order chi connectivity index (χ1) is 10.1. The van der Waals surface area contributed by atoms with Crippen LogP contribution in [0.5, 0.6) is 0 Å². The van der Waals surface area contributed by atoms with E-state index in [1.165, 1.54) is 25.7 Å². The first-order valence-electron chi connectivity index (χ1n) is 7.76. The highest BCUT2D eigenvalue weighted by Crippen LogP contribution is 2.35. The maximum atomic E-state index is 5.74. The molecule has 0 saturated heterocycles. The Balaban J connectivity index is 1.63. The minimum Gasteiger partial charge on any atom is -0.419 e.